The first-order valence-electron chi connectivity index (χ1n) is 14.1. The lowest BCUT2D eigenvalue weighted by molar-refractivity contribution is 0.660. The van der Waals surface area contributed by atoms with Gasteiger partial charge >= 0.3 is 0 Å². The molecule has 9 rings (SSSR count). The van der Waals surface area contributed by atoms with Gasteiger partial charge in [-0.05, 0) is 52.2 Å². The predicted octanol–water partition coefficient (Wildman–Crippen LogP) is 10.0. The van der Waals surface area contributed by atoms with E-state index in [0.717, 1.165) is 27.8 Å². The smallest absolute Gasteiger partial charge is 0.200 e. The maximum absolute atomic E-state index is 14.1. The van der Waals surface area contributed by atoms with Crippen molar-refractivity contribution >= 4 is 65.3 Å². The highest BCUT2D eigenvalue weighted by Gasteiger charge is 2.18. The van der Waals surface area contributed by atoms with Crippen LogP contribution in [0, 0.1) is 0 Å². The van der Waals surface area contributed by atoms with Crippen molar-refractivity contribution in [2.45, 2.75) is 0 Å². The first-order valence-corrected chi connectivity index (χ1v) is 14.1. The molecule has 3 nitrogen and oxygen atoms in total. The number of rotatable bonds is 2. The summed E-state index contributed by atoms with van der Waals surface area (Å²) in [6.07, 6.45) is 0. The number of fused-ring (bicyclic) bond motifs is 9. The van der Waals surface area contributed by atoms with Gasteiger partial charge in [0.15, 0.2) is 0 Å². The molecule has 0 aliphatic rings. The Hall–Kier alpha value is -5.67. The van der Waals surface area contributed by atoms with Crippen LogP contribution in [0.2, 0.25) is 0 Å². The fourth-order valence-electron chi connectivity index (χ4n) is 6.59. The van der Waals surface area contributed by atoms with Crippen molar-refractivity contribution in [3.8, 4) is 16.8 Å². The van der Waals surface area contributed by atoms with E-state index < -0.39 is 0 Å². The van der Waals surface area contributed by atoms with Gasteiger partial charge in [-0.1, -0.05) is 109 Å². The Bertz CT molecular complexity index is 2500. The molecule has 7 aromatic carbocycles. The molecular weight excluding hydrogens is 514 g/mol. The third-order valence-corrected chi connectivity index (χ3v) is 8.56. The molecule has 2 heterocycles. The van der Waals surface area contributed by atoms with Crippen molar-refractivity contribution < 1.29 is 4.42 Å². The van der Waals surface area contributed by atoms with Gasteiger partial charge in [0.1, 0.15) is 11.2 Å². The lowest BCUT2D eigenvalue weighted by Gasteiger charge is -2.12. The molecule has 42 heavy (non-hydrogen) atoms. The van der Waals surface area contributed by atoms with Crippen LogP contribution in [0.3, 0.4) is 0 Å². The minimum Gasteiger partial charge on any atom is -0.456 e. The highest BCUT2D eigenvalue weighted by Crippen LogP contribution is 2.40. The second-order valence-electron chi connectivity index (χ2n) is 10.9. The van der Waals surface area contributed by atoms with Gasteiger partial charge in [0, 0.05) is 27.2 Å². The maximum atomic E-state index is 14.1. The quantitative estimate of drug-likeness (QED) is 0.206. The van der Waals surface area contributed by atoms with Crippen LogP contribution in [0.15, 0.2) is 149 Å². The average molecular weight is 538 g/mol. The van der Waals surface area contributed by atoms with Crippen molar-refractivity contribution in [3.63, 3.8) is 0 Å². The number of aromatic nitrogens is 1. The Morgan fingerprint density at radius 1 is 0.429 bits per heavy atom. The van der Waals surface area contributed by atoms with Gasteiger partial charge in [0.25, 0.3) is 0 Å². The van der Waals surface area contributed by atoms with E-state index in [9.17, 15) is 4.79 Å². The summed E-state index contributed by atoms with van der Waals surface area (Å²) in [7, 11) is 0. The molecule has 0 aliphatic carbocycles. The molecular formula is C39H23NO2. The molecule has 0 spiro atoms. The first-order chi connectivity index (χ1) is 20.7. The first kappa shape index (κ1) is 23.1. The van der Waals surface area contributed by atoms with E-state index in [1.54, 1.807) is 0 Å². The molecule has 9 aromatic rings. The lowest BCUT2D eigenvalue weighted by atomic mass is 10.0. The van der Waals surface area contributed by atoms with Gasteiger partial charge in [-0.25, -0.2) is 0 Å². The lowest BCUT2D eigenvalue weighted by Crippen LogP contribution is -2.04. The summed E-state index contributed by atoms with van der Waals surface area (Å²) in [6.45, 7) is 0. The normalized spacial score (nSPS) is 11.9. The van der Waals surface area contributed by atoms with Crippen molar-refractivity contribution in [3.05, 3.63) is 150 Å². The van der Waals surface area contributed by atoms with Crippen molar-refractivity contribution in [2.75, 3.05) is 0 Å². The molecule has 0 atom stereocenters. The molecule has 0 aliphatic heterocycles. The zero-order chi connectivity index (χ0) is 27.8. The average Bonchev–Trinajstić information content (AvgIpc) is 3.40. The fourth-order valence-corrected chi connectivity index (χ4v) is 6.59. The number of benzene rings is 7. The van der Waals surface area contributed by atoms with E-state index in [-0.39, 0.29) is 5.43 Å². The van der Waals surface area contributed by atoms with E-state index in [0.29, 0.717) is 21.9 Å². The van der Waals surface area contributed by atoms with E-state index in [1.165, 1.54) is 32.3 Å². The third kappa shape index (κ3) is 3.25. The van der Waals surface area contributed by atoms with E-state index in [2.05, 4.69) is 95.6 Å². The van der Waals surface area contributed by atoms with E-state index in [4.69, 9.17) is 4.42 Å². The Kier molecular flexibility index (Phi) is 4.76. The van der Waals surface area contributed by atoms with Gasteiger partial charge in [-0.2, -0.15) is 0 Å². The SMILES string of the molecule is O=c1c2cc(-c3ccccc3)ccc2oc2ccc(-n3c4c5ccccc5ccc4c4ccc5ccccc5c43)cc12. The molecule has 2 aromatic heterocycles. The van der Waals surface area contributed by atoms with Crippen LogP contribution in [0.25, 0.3) is 82.1 Å². The molecule has 0 saturated heterocycles. The van der Waals surface area contributed by atoms with Crippen LogP contribution in [0.1, 0.15) is 0 Å². The monoisotopic (exact) mass is 537 g/mol. The topological polar surface area (TPSA) is 35.1 Å². The molecule has 0 radical (unpaired) electrons. The Balaban J connectivity index is 1.40. The van der Waals surface area contributed by atoms with Gasteiger partial charge in [-0.15, -0.1) is 0 Å². The second kappa shape index (κ2) is 8.66. The van der Waals surface area contributed by atoms with E-state index in [1.807, 2.05) is 48.5 Å². The fraction of sp³-hybridized carbons (Fsp3) is 0. The van der Waals surface area contributed by atoms with E-state index >= 15 is 0 Å². The van der Waals surface area contributed by atoms with Gasteiger partial charge in [0.2, 0.25) is 5.43 Å². The summed E-state index contributed by atoms with van der Waals surface area (Å²) in [5.74, 6) is 0. The van der Waals surface area contributed by atoms with Crippen LogP contribution >= 0.6 is 0 Å². The van der Waals surface area contributed by atoms with Gasteiger partial charge < -0.3 is 8.98 Å². The standard InChI is InChI=1S/C39H23NO2/c41-39-33-22-27(24-8-2-1-3-9-24)16-20-35(33)42-36-21-17-28(23-34(36)39)40-37-29-12-6-4-10-25(29)14-18-31(37)32-19-15-26-11-5-7-13-30(26)38(32)40/h1-23H. The summed E-state index contributed by atoms with van der Waals surface area (Å²) in [5, 5.41) is 8.23. The third-order valence-electron chi connectivity index (χ3n) is 8.56. The number of hydrogen-bond acceptors (Lipinski definition) is 2. The van der Waals surface area contributed by atoms with Crippen LogP contribution in [0.5, 0.6) is 0 Å². The van der Waals surface area contributed by atoms with Crippen LogP contribution < -0.4 is 5.43 Å². The summed E-state index contributed by atoms with van der Waals surface area (Å²) in [6, 6.07) is 47.8. The zero-order valence-corrected chi connectivity index (χ0v) is 22.5. The molecule has 0 saturated carbocycles. The van der Waals surface area contributed by atoms with Crippen LogP contribution in [0.4, 0.5) is 0 Å². The highest BCUT2D eigenvalue weighted by atomic mass is 16.3. The summed E-state index contributed by atoms with van der Waals surface area (Å²) in [5.41, 5.74) is 6.41. The van der Waals surface area contributed by atoms with Gasteiger partial charge in [-0.3, -0.25) is 4.79 Å². The summed E-state index contributed by atoms with van der Waals surface area (Å²) in [4.78, 5) is 14.1. The Labute approximate surface area is 240 Å². The molecule has 196 valence electrons. The Morgan fingerprint density at radius 3 is 1.67 bits per heavy atom. The molecule has 0 unspecified atom stereocenters. The minimum absolute atomic E-state index is 0.0265. The highest BCUT2D eigenvalue weighted by molar-refractivity contribution is 6.23. The maximum Gasteiger partial charge on any atom is 0.200 e. The zero-order valence-electron chi connectivity index (χ0n) is 22.5. The number of hydrogen-bond donors (Lipinski definition) is 0. The van der Waals surface area contributed by atoms with Crippen LogP contribution in [-0.2, 0) is 0 Å². The minimum atomic E-state index is -0.0265. The molecule has 0 fully saturated rings. The number of nitrogens with zero attached hydrogens (tertiary/aromatic N) is 1. The van der Waals surface area contributed by atoms with Crippen LogP contribution in [-0.4, -0.2) is 4.57 Å². The van der Waals surface area contributed by atoms with Crippen molar-refractivity contribution in [2.24, 2.45) is 0 Å². The molecule has 3 heteroatoms. The molecule has 0 bridgehead atoms. The van der Waals surface area contributed by atoms with Gasteiger partial charge in [0.05, 0.1) is 21.8 Å². The van der Waals surface area contributed by atoms with Crippen molar-refractivity contribution in [1.82, 2.24) is 4.57 Å². The molecule has 0 amide bonds. The Morgan fingerprint density at radius 2 is 1.00 bits per heavy atom. The molecule has 0 N–H and O–H groups in total. The second-order valence-corrected chi connectivity index (χ2v) is 10.9. The van der Waals surface area contributed by atoms with Crippen molar-refractivity contribution in [1.29, 1.82) is 0 Å². The summed E-state index contributed by atoms with van der Waals surface area (Å²) < 4.78 is 8.63. The predicted molar refractivity (Wildman–Crippen MR) is 175 cm³/mol. The largest absolute Gasteiger partial charge is 0.456 e. The summed E-state index contributed by atoms with van der Waals surface area (Å²) >= 11 is 0.